The van der Waals surface area contributed by atoms with Crippen LogP contribution >= 0.6 is 12.2 Å². The van der Waals surface area contributed by atoms with Gasteiger partial charge in [0.2, 0.25) is 0 Å². The summed E-state index contributed by atoms with van der Waals surface area (Å²) in [6.07, 6.45) is 1.90. The van der Waals surface area contributed by atoms with Crippen molar-refractivity contribution in [1.82, 2.24) is 31.2 Å². The lowest BCUT2D eigenvalue weighted by Gasteiger charge is -2.11. The van der Waals surface area contributed by atoms with Crippen LogP contribution in [0.5, 0.6) is 0 Å². The number of carbonyl (C=O) groups is 1. The monoisotopic (exact) mass is 394 g/mol. The van der Waals surface area contributed by atoms with Crippen LogP contribution < -0.4 is 16.2 Å². The lowest BCUT2D eigenvalue weighted by Crippen LogP contribution is -2.47. The second-order valence-corrected chi connectivity index (χ2v) is 6.59. The highest BCUT2D eigenvalue weighted by atomic mass is 32.1. The first kappa shape index (κ1) is 19.5. The molecule has 0 bridgehead atoms. The zero-order chi connectivity index (χ0) is 19.8. The zero-order valence-electron chi connectivity index (χ0n) is 15.6. The lowest BCUT2D eigenvalue weighted by molar-refractivity contribution is 0.0937. The first-order chi connectivity index (χ1) is 13.6. The van der Waals surface area contributed by atoms with Gasteiger partial charge in [-0.15, -0.1) is 5.10 Å². The number of benzene rings is 2. The summed E-state index contributed by atoms with van der Waals surface area (Å²) in [5.41, 5.74) is 8.10. The quantitative estimate of drug-likeness (QED) is 0.338. The number of hydrogen-bond donors (Lipinski definition) is 3. The number of amides is 1. The molecule has 0 aliphatic heterocycles. The molecule has 0 spiro atoms. The minimum atomic E-state index is -0.395. The summed E-state index contributed by atoms with van der Waals surface area (Å²) >= 11 is 5.19. The predicted octanol–water partition coefficient (Wildman–Crippen LogP) is 2.32. The van der Waals surface area contributed by atoms with Crippen molar-refractivity contribution in [1.29, 1.82) is 0 Å². The van der Waals surface area contributed by atoms with Gasteiger partial charge < -0.3 is 5.32 Å². The van der Waals surface area contributed by atoms with Gasteiger partial charge in [-0.1, -0.05) is 48.5 Å². The van der Waals surface area contributed by atoms with Gasteiger partial charge in [0, 0.05) is 6.54 Å². The van der Waals surface area contributed by atoms with Crippen LogP contribution in [-0.4, -0.2) is 32.6 Å². The van der Waals surface area contributed by atoms with E-state index < -0.39 is 5.91 Å². The summed E-state index contributed by atoms with van der Waals surface area (Å²) in [7, 11) is 0. The van der Waals surface area contributed by atoms with E-state index in [9.17, 15) is 4.79 Å². The molecule has 3 N–H and O–H groups in total. The Balaban J connectivity index is 1.43. The maximum absolute atomic E-state index is 12.4. The molecule has 0 saturated carbocycles. The van der Waals surface area contributed by atoms with Crippen LogP contribution in [0.4, 0.5) is 0 Å². The lowest BCUT2D eigenvalue weighted by atomic mass is 10.1. The molecule has 1 heterocycles. The zero-order valence-corrected chi connectivity index (χ0v) is 16.4. The Bertz CT molecular complexity index is 926. The Morgan fingerprint density at radius 3 is 2.39 bits per heavy atom. The molecule has 1 aromatic heterocycles. The third kappa shape index (κ3) is 5.37. The summed E-state index contributed by atoms with van der Waals surface area (Å²) in [6.45, 7) is 2.45. The summed E-state index contributed by atoms with van der Waals surface area (Å²) in [5, 5.41) is 12.0. The summed E-state index contributed by atoms with van der Waals surface area (Å²) < 4.78 is 0. The smallest absolute Gasteiger partial charge is 0.292 e. The van der Waals surface area contributed by atoms with Crippen LogP contribution in [0.3, 0.4) is 0 Å². The second-order valence-electron chi connectivity index (χ2n) is 6.18. The minimum Gasteiger partial charge on any atom is -0.361 e. The van der Waals surface area contributed by atoms with Crippen molar-refractivity contribution in [2.45, 2.75) is 19.8 Å². The Labute approximate surface area is 169 Å². The van der Waals surface area contributed by atoms with Crippen LogP contribution in [-0.2, 0) is 6.42 Å². The number of aryl methyl sites for hydroxylation is 2. The highest BCUT2D eigenvalue weighted by Crippen LogP contribution is 2.07. The fraction of sp³-hybridized carbons (Fsp3) is 0.200. The van der Waals surface area contributed by atoms with Crippen LogP contribution in [0, 0.1) is 6.92 Å². The fourth-order valence-electron chi connectivity index (χ4n) is 2.62. The van der Waals surface area contributed by atoms with Gasteiger partial charge in [0.1, 0.15) is 0 Å². The molecule has 0 saturated heterocycles. The van der Waals surface area contributed by atoms with Crippen molar-refractivity contribution in [3.63, 3.8) is 0 Å². The van der Waals surface area contributed by atoms with E-state index in [0.29, 0.717) is 17.4 Å². The summed E-state index contributed by atoms with van der Waals surface area (Å²) in [5.74, 6) is -0.395. The third-order valence-electron chi connectivity index (χ3n) is 4.04. The van der Waals surface area contributed by atoms with Crippen molar-refractivity contribution < 1.29 is 4.79 Å². The highest BCUT2D eigenvalue weighted by Gasteiger charge is 2.16. The topological polar surface area (TPSA) is 83.9 Å². The van der Waals surface area contributed by atoms with E-state index in [0.717, 1.165) is 18.5 Å². The van der Waals surface area contributed by atoms with E-state index in [-0.39, 0.29) is 5.69 Å². The minimum absolute atomic E-state index is 0.239. The molecule has 144 valence electrons. The molecule has 0 fully saturated rings. The first-order valence-corrected chi connectivity index (χ1v) is 9.42. The number of aromatic nitrogens is 3. The van der Waals surface area contributed by atoms with E-state index in [1.54, 1.807) is 6.92 Å². The molecular weight excluding hydrogens is 372 g/mol. The maximum Gasteiger partial charge on any atom is 0.292 e. The second kappa shape index (κ2) is 9.61. The van der Waals surface area contributed by atoms with Crippen LogP contribution in [0.15, 0.2) is 60.7 Å². The third-order valence-corrected chi connectivity index (χ3v) is 4.29. The number of nitrogens with zero attached hydrogens (tertiary/aromatic N) is 3. The van der Waals surface area contributed by atoms with E-state index in [1.807, 2.05) is 48.5 Å². The molecule has 28 heavy (non-hydrogen) atoms. The average molecular weight is 395 g/mol. The van der Waals surface area contributed by atoms with Crippen LogP contribution in [0.25, 0.3) is 5.69 Å². The number of hydrazine groups is 1. The Morgan fingerprint density at radius 2 is 1.68 bits per heavy atom. The Morgan fingerprint density at radius 1 is 1.00 bits per heavy atom. The Hall–Kier alpha value is -3.26. The normalized spacial score (nSPS) is 10.3. The van der Waals surface area contributed by atoms with E-state index >= 15 is 0 Å². The first-order valence-electron chi connectivity index (χ1n) is 9.01. The molecule has 0 atom stereocenters. The molecular formula is C20H22N6OS. The van der Waals surface area contributed by atoms with Gasteiger partial charge in [-0.05, 0) is 49.7 Å². The SMILES string of the molecule is Cc1nn(-c2ccccc2)nc1C(=O)NNC(=S)NCCCc1ccccc1. The largest absolute Gasteiger partial charge is 0.361 e. The van der Waals surface area contributed by atoms with Gasteiger partial charge in [0.25, 0.3) is 5.91 Å². The maximum atomic E-state index is 12.4. The highest BCUT2D eigenvalue weighted by molar-refractivity contribution is 7.80. The number of rotatable bonds is 6. The number of para-hydroxylation sites is 1. The van der Waals surface area contributed by atoms with Crippen molar-refractivity contribution >= 4 is 23.2 Å². The number of carbonyl (C=O) groups excluding carboxylic acids is 1. The van der Waals surface area contributed by atoms with Gasteiger partial charge in [0.15, 0.2) is 10.8 Å². The van der Waals surface area contributed by atoms with Crippen molar-refractivity contribution in [3.8, 4) is 5.69 Å². The van der Waals surface area contributed by atoms with Gasteiger partial charge in [0.05, 0.1) is 11.4 Å². The van der Waals surface area contributed by atoms with E-state index in [2.05, 4.69) is 38.5 Å². The molecule has 2 aromatic carbocycles. The molecule has 0 aliphatic carbocycles. The molecule has 3 aromatic rings. The van der Waals surface area contributed by atoms with E-state index in [1.165, 1.54) is 10.4 Å². The standard InChI is InChI=1S/C20H22N6OS/c1-15-18(25-26(24-15)17-12-6-3-7-13-17)19(27)22-23-20(28)21-14-8-11-16-9-4-2-5-10-16/h2-7,9-10,12-13H,8,11,14H2,1H3,(H,22,27)(H2,21,23,28). The summed E-state index contributed by atoms with van der Waals surface area (Å²) in [6, 6.07) is 19.7. The average Bonchev–Trinajstić information content (AvgIpc) is 3.12. The molecule has 3 rings (SSSR count). The molecule has 7 nitrogen and oxygen atoms in total. The molecule has 0 aliphatic rings. The van der Waals surface area contributed by atoms with Gasteiger partial charge in [-0.3, -0.25) is 15.6 Å². The van der Waals surface area contributed by atoms with E-state index in [4.69, 9.17) is 12.2 Å². The molecule has 8 heteroatoms. The number of hydrogen-bond acceptors (Lipinski definition) is 4. The predicted molar refractivity (Wildman–Crippen MR) is 112 cm³/mol. The molecule has 0 unspecified atom stereocenters. The summed E-state index contributed by atoms with van der Waals surface area (Å²) in [4.78, 5) is 13.8. The number of thiocarbonyl (C=S) groups is 1. The van der Waals surface area contributed by atoms with Crippen LogP contribution in [0.1, 0.15) is 28.2 Å². The molecule has 1 amide bonds. The number of nitrogens with one attached hydrogen (secondary N) is 3. The van der Waals surface area contributed by atoms with Gasteiger partial charge in [-0.2, -0.15) is 9.90 Å². The Kier molecular flexibility index (Phi) is 6.69. The van der Waals surface area contributed by atoms with Gasteiger partial charge >= 0.3 is 0 Å². The van der Waals surface area contributed by atoms with Crippen molar-refractivity contribution in [2.75, 3.05) is 6.54 Å². The van der Waals surface area contributed by atoms with Crippen molar-refractivity contribution in [3.05, 3.63) is 77.6 Å². The molecule has 0 radical (unpaired) electrons. The van der Waals surface area contributed by atoms with Crippen LogP contribution in [0.2, 0.25) is 0 Å². The van der Waals surface area contributed by atoms with Gasteiger partial charge in [-0.25, -0.2) is 0 Å². The fourth-order valence-corrected chi connectivity index (χ4v) is 2.77. The van der Waals surface area contributed by atoms with Crippen molar-refractivity contribution in [2.24, 2.45) is 0 Å².